The van der Waals surface area contributed by atoms with Gasteiger partial charge in [-0.05, 0) is 109 Å². The van der Waals surface area contributed by atoms with Crippen molar-refractivity contribution in [3.63, 3.8) is 0 Å². The number of benzene rings is 1. The molecule has 1 aliphatic heterocycles. The van der Waals surface area contributed by atoms with Gasteiger partial charge >= 0.3 is 0 Å². The summed E-state index contributed by atoms with van der Waals surface area (Å²) in [5.74, 6) is 0.658. The molecule has 0 unspecified atom stereocenters. The van der Waals surface area contributed by atoms with Crippen molar-refractivity contribution in [3.05, 3.63) is 119 Å². The predicted octanol–water partition coefficient (Wildman–Crippen LogP) is 7.74. The number of rotatable bonds is 17. The molecule has 288 valence electrons. The number of carbonyl (C=O) groups is 3. The number of ether oxygens (including phenoxy) is 1. The smallest absolute Gasteiger partial charge is 0.245 e. The molecule has 1 aromatic carbocycles. The van der Waals surface area contributed by atoms with E-state index >= 15 is 0 Å². The number of halogens is 1. The molecule has 12 heteroatoms. The van der Waals surface area contributed by atoms with Gasteiger partial charge in [0, 0.05) is 59.9 Å². The molecule has 1 aliphatic carbocycles. The fourth-order valence-electron chi connectivity index (χ4n) is 7.99. The number of aromatic nitrogens is 6. The third-order valence-electron chi connectivity index (χ3n) is 11.0. The molecule has 56 heavy (non-hydrogen) atoms. The van der Waals surface area contributed by atoms with Crippen LogP contribution in [0.3, 0.4) is 0 Å². The molecule has 1 saturated heterocycles. The molecule has 5 aromatic rings. The van der Waals surface area contributed by atoms with Crippen molar-refractivity contribution in [2.75, 3.05) is 6.61 Å². The van der Waals surface area contributed by atoms with E-state index in [0.29, 0.717) is 65.4 Å². The molecule has 5 heterocycles. The number of hydrogen-bond acceptors (Lipinski definition) is 9. The van der Waals surface area contributed by atoms with Gasteiger partial charge in [-0.1, -0.05) is 24.3 Å². The third kappa shape index (κ3) is 8.11. The zero-order valence-electron chi connectivity index (χ0n) is 32.1. The van der Waals surface area contributed by atoms with E-state index in [1.54, 1.807) is 28.1 Å². The lowest BCUT2D eigenvalue weighted by molar-refractivity contribution is -0.139. The molecule has 2 aliphatic rings. The van der Waals surface area contributed by atoms with E-state index in [1.807, 2.05) is 56.3 Å². The van der Waals surface area contributed by atoms with Gasteiger partial charge in [-0.3, -0.25) is 19.1 Å². The first-order valence-corrected chi connectivity index (χ1v) is 19.9. The molecule has 11 nitrogen and oxygen atoms in total. The number of likely N-dealkylation sites (tertiary alicyclic amines) is 1. The van der Waals surface area contributed by atoms with Crippen LogP contribution in [0.4, 0.5) is 0 Å². The van der Waals surface area contributed by atoms with Crippen molar-refractivity contribution in [2.45, 2.75) is 90.8 Å². The zero-order chi connectivity index (χ0) is 39.6. The number of allylic oxidation sites excluding steroid dienone is 2. The van der Waals surface area contributed by atoms with E-state index in [1.165, 1.54) is 6.92 Å². The molecule has 4 aromatic heterocycles. The molecule has 0 N–H and O–H groups in total. The number of pyridine rings is 2. The second-order valence-corrected chi connectivity index (χ2v) is 15.9. The Kier molecular flexibility index (Phi) is 11.4. The lowest BCUT2D eigenvalue weighted by atomic mass is 9.95. The molecule has 2 fully saturated rings. The van der Waals surface area contributed by atoms with Crippen LogP contribution in [-0.2, 0) is 35.4 Å². The highest BCUT2D eigenvalue weighted by atomic mass is 79.9. The zero-order valence-corrected chi connectivity index (χ0v) is 33.7. The Bertz CT molecular complexity index is 2340. The highest BCUT2D eigenvalue weighted by Gasteiger charge is 2.67. The first-order valence-electron chi connectivity index (χ1n) is 19.1. The molecule has 0 spiro atoms. The van der Waals surface area contributed by atoms with Crippen LogP contribution in [0.5, 0.6) is 5.88 Å². The molecule has 0 radical (unpaired) electrons. The lowest BCUT2D eigenvalue weighted by Gasteiger charge is -2.27. The van der Waals surface area contributed by atoms with Crippen LogP contribution in [0.25, 0.3) is 22.0 Å². The number of hydrogen-bond donors (Lipinski definition) is 0. The largest absolute Gasteiger partial charge is 0.477 e. The summed E-state index contributed by atoms with van der Waals surface area (Å²) < 4.78 is 8.59. The summed E-state index contributed by atoms with van der Waals surface area (Å²) in [5.41, 5.74) is 5.74. The maximum atomic E-state index is 14.7. The number of carbonyl (C=O) groups excluding carboxylic acids is 3. The molecule has 3 atom stereocenters. The van der Waals surface area contributed by atoms with Crippen LogP contribution >= 0.6 is 15.9 Å². The van der Waals surface area contributed by atoms with Crippen molar-refractivity contribution in [2.24, 2.45) is 5.41 Å². The number of unbranched alkanes of at least 4 members (excludes halogenated alkanes) is 2. The average molecular weight is 817 g/mol. The van der Waals surface area contributed by atoms with E-state index in [9.17, 15) is 14.4 Å². The van der Waals surface area contributed by atoms with E-state index in [4.69, 9.17) is 9.84 Å². The molecular weight excluding hydrogens is 770 g/mol. The van der Waals surface area contributed by atoms with Crippen molar-refractivity contribution in [1.82, 2.24) is 34.6 Å². The van der Waals surface area contributed by atoms with Crippen LogP contribution in [-0.4, -0.2) is 70.8 Å². The minimum absolute atomic E-state index is 0.0765. The quantitative estimate of drug-likeness (QED) is 0.0400. The SMILES string of the molecule is C=CCCCCc1cc(-c2cnc(C)nc2)cc2c(C(C)=O)nn(CC(=O)N3[C@H](C(=O)Cc4nc(Br)ccc4C)C[C@@]4(COc5cccc(CC=C)n5)C[C@@H]34)c12. The number of piperidine rings is 1. The average Bonchev–Trinajstić information content (AvgIpc) is 3.59. The lowest BCUT2D eigenvalue weighted by Crippen LogP contribution is -2.45. The summed E-state index contributed by atoms with van der Waals surface area (Å²) in [7, 11) is 0. The highest BCUT2D eigenvalue weighted by Crippen LogP contribution is 2.60. The first kappa shape index (κ1) is 38.9. The van der Waals surface area contributed by atoms with Gasteiger partial charge < -0.3 is 9.64 Å². The van der Waals surface area contributed by atoms with Crippen LogP contribution in [0.15, 0.2) is 84.8 Å². The fraction of sp³-hybridized carbons (Fsp3) is 0.364. The van der Waals surface area contributed by atoms with E-state index in [0.717, 1.165) is 52.7 Å². The first-order chi connectivity index (χ1) is 27.0. The van der Waals surface area contributed by atoms with Gasteiger partial charge in [0.25, 0.3) is 0 Å². The summed E-state index contributed by atoms with van der Waals surface area (Å²) in [6.45, 7) is 13.1. The second kappa shape index (κ2) is 16.4. The van der Waals surface area contributed by atoms with Crippen LogP contribution in [0.1, 0.15) is 77.9 Å². The Labute approximate surface area is 335 Å². The second-order valence-electron chi connectivity index (χ2n) is 15.0. The van der Waals surface area contributed by atoms with E-state index in [-0.39, 0.29) is 36.5 Å². The summed E-state index contributed by atoms with van der Waals surface area (Å²) in [6, 6.07) is 12.6. The number of nitrogens with zero attached hydrogens (tertiary/aromatic N) is 7. The molecule has 7 rings (SSSR count). The standard InChI is InChI=1S/C44H46BrN7O4/c1-6-8-9-10-13-30-18-31(32-23-46-29(5)47-24-32)19-34-42(28(4)53)50-51(43(30)34)25-41(55)52-36(37(54)20-35-27(3)16-17-39(45)49-35)21-44(22-38(44)52)26-56-40-15-11-14-33(48-40)12-7-2/h6-7,11,14-19,23-24,36,38H,1-2,8-10,12-13,20-22,25-26H2,3-5H3/t36-,38+,44-/m0/s1. The Balaban J connectivity index is 1.23. The van der Waals surface area contributed by atoms with Gasteiger partial charge in [0.05, 0.1) is 30.3 Å². The van der Waals surface area contributed by atoms with E-state index < -0.39 is 11.5 Å². The topological polar surface area (TPSA) is 133 Å². The van der Waals surface area contributed by atoms with Gasteiger partial charge in [0.15, 0.2) is 11.6 Å². The van der Waals surface area contributed by atoms with Gasteiger partial charge in [0.2, 0.25) is 11.8 Å². The number of ketones is 2. The normalized spacial score (nSPS) is 18.5. The molecule has 0 bridgehead atoms. The van der Waals surface area contributed by atoms with Crippen LogP contribution in [0, 0.1) is 19.3 Å². The van der Waals surface area contributed by atoms with Gasteiger partial charge in [-0.2, -0.15) is 5.10 Å². The number of amides is 1. The Hall–Kier alpha value is -5.36. The highest BCUT2D eigenvalue weighted by molar-refractivity contribution is 9.10. The van der Waals surface area contributed by atoms with Crippen molar-refractivity contribution in [1.29, 1.82) is 0 Å². The maximum Gasteiger partial charge on any atom is 0.245 e. The molecule has 1 amide bonds. The Morgan fingerprint density at radius 1 is 1.00 bits per heavy atom. The summed E-state index contributed by atoms with van der Waals surface area (Å²) in [5, 5.41) is 5.47. The number of fused-ring (bicyclic) bond motifs is 2. The summed E-state index contributed by atoms with van der Waals surface area (Å²) in [6.07, 6.45) is 12.6. The molecule has 1 saturated carbocycles. The summed E-state index contributed by atoms with van der Waals surface area (Å²) in [4.78, 5) is 61.9. The fourth-order valence-corrected chi connectivity index (χ4v) is 8.33. The predicted molar refractivity (Wildman–Crippen MR) is 218 cm³/mol. The van der Waals surface area contributed by atoms with Gasteiger partial charge in [-0.25, -0.2) is 19.9 Å². The maximum absolute atomic E-state index is 14.7. The van der Waals surface area contributed by atoms with Crippen molar-refractivity contribution >= 4 is 44.3 Å². The molecular formula is C44H46BrN7O4. The monoisotopic (exact) mass is 815 g/mol. The Morgan fingerprint density at radius 3 is 2.55 bits per heavy atom. The van der Waals surface area contributed by atoms with Crippen molar-refractivity contribution < 1.29 is 19.1 Å². The van der Waals surface area contributed by atoms with Gasteiger partial charge in [-0.15, -0.1) is 13.2 Å². The van der Waals surface area contributed by atoms with Crippen LogP contribution in [0.2, 0.25) is 0 Å². The van der Waals surface area contributed by atoms with E-state index in [2.05, 4.69) is 55.1 Å². The van der Waals surface area contributed by atoms with Crippen LogP contribution < -0.4 is 4.74 Å². The van der Waals surface area contributed by atoms with Gasteiger partial charge in [0.1, 0.15) is 22.7 Å². The third-order valence-corrected chi connectivity index (χ3v) is 11.4. The summed E-state index contributed by atoms with van der Waals surface area (Å²) >= 11 is 3.45. The number of aryl methyl sites for hydroxylation is 3. The number of Topliss-reactive ketones (excluding diaryl/α,β-unsaturated/α-hetero) is 2. The van der Waals surface area contributed by atoms with Crippen molar-refractivity contribution in [3.8, 4) is 17.0 Å². The Morgan fingerprint density at radius 2 is 1.80 bits per heavy atom. The minimum Gasteiger partial charge on any atom is -0.477 e. The minimum atomic E-state index is -0.675.